The minimum Gasteiger partial charge on any atom is -0.496 e. The molecule has 1 aromatic heterocycles. The molecule has 2 rings (SSSR count). The number of hydrogen-bond acceptors (Lipinski definition) is 4. The molecule has 0 saturated heterocycles. The number of anilines is 1. The third-order valence-electron chi connectivity index (χ3n) is 2.37. The summed E-state index contributed by atoms with van der Waals surface area (Å²) in [6.07, 6.45) is 0. The lowest BCUT2D eigenvalue weighted by molar-refractivity contribution is 0.414. The first kappa shape index (κ1) is 10.5. The molecule has 0 amide bonds. The van der Waals surface area contributed by atoms with Crippen LogP contribution in [-0.4, -0.2) is 12.1 Å². The van der Waals surface area contributed by atoms with E-state index in [2.05, 4.69) is 4.98 Å². The summed E-state index contributed by atoms with van der Waals surface area (Å²) in [6.45, 7) is 3.72. The minimum atomic E-state index is 0.645. The number of nitrogen functional groups attached to an aromatic ring is 1. The molecule has 2 N–H and O–H groups in total. The largest absolute Gasteiger partial charge is 0.496 e. The summed E-state index contributed by atoms with van der Waals surface area (Å²) in [5.74, 6) is 2.07. The number of aromatic nitrogens is 1. The smallest absolute Gasteiger partial charge is 0.192 e. The number of benzene rings is 1. The molecule has 0 fully saturated rings. The van der Waals surface area contributed by atoms with Crippen molar-refractivity contribution in [3.63, 3.8) is 0 Å². The quantitative estimate of drug-likeness (QED) is 0.787. The highest BCUT2D eigenvalue weighted by Gasteiger charge is 2.14. The van der Waals surface area contributed by atoms with Crippen LogP contribution in [0.5, 0.6) is 5.75 Å². The van der Waals surface area contributed by atoms with Crippen molar-refractivity contribution in [2.45, 2.75) is 13.8 Å². The Kier molecular flexibility index (Phi) is 2.56. The second kappa shape index (κ2) is 3.89. The molecule has 4 nitrogen and oxygen atoms in total. The summed E-state index contributed by atoms with van der Waals surface area (Å²) in [4.78, 5) is 4.23. The Balaban J connectivity index is 2.59. The predicted molar refractivity (Wildman–Crippen MR) is 62.4 cm³/mol. The zero-order chi connectivity index (χ0) is 11.7. The molecule has 0 aliphatic carbocycles. The predicted octanol–water partition coefficient (Wildman–Crippen LogP) is 2.55. The molecule has 16 heavy (non-hydrogen) atoms. The van der Waals surface area contributed by atoms with E-state index in [0.29, 0.717) is 17.3 Å². The maximum Gasteiger partial charge on any atom is 0.192 e. The van der Waals surface area contributed by atoms with Gasteiger partial charge in [0, 0.05) is 18.7 Å². The van der Waals surface area contributed by atoms with Crippen LogP contribution in [0.4, 0.5) is 5.69 Å². The molecule has 0 radical (unpaired) electrons. The molecule has 1 aromatic carbocycles. The van der Waals surface area contributed by atoms with Crippen molar-refractivity contribution in [2.24, 2.45) is 0 Å². The molecule has 1 heterocycles. The molecule has 0 bridgehead atoms. The van der Waals surface area contributed by atoms with Crippen molar-refractivity contribution >= 4 is 5.69 Å². The first-order chi connectivity index (χ1) is 7.61. The monoisotopic (exact) mass is 218 g/mol. The van der Waals surface area contributed by atoms with Gasteiger partial charge in [-0.15, -0.1) is 0 Å². The van der Waals surface area contributed by atoms with Gasteiger partial charge in [-0.2, -0.15) is 0 Å². The Morgan fingerprint density at radius 3 is 2.62 bits per heavy atom. The van der Waals surface area contributed by atoms with Gasteiger partial charge in [0.1, 0.15) is 5.75 Å². The van der Waals surface area contributed by atoms with E-state index in [4.69, 9.17) is 14.9 Å². The molecule has 0 saturated carbocycles. The van der Waals surface area contributed by atoms with Gasteiger partial charge in [-0.05, 0) is 19.1 Å². The zero-order valence-corrected chi connectivity index (χ0v) is 9.57. The molecule has 0 aliphatic rings. The highest BCUT2D eigenvalue weighted by atomic mass is 16.5. The molecule has 0 spiro atoms. The van der Waals surface area contributed by atoms with Gasteiger partial charge in [-0.25, -0.2) is 4.98 Å². The van der Waals surface area contributed by atoms with E-state index in [0.717, 1.165) is 17.0 Å². The van der Waals surface area contributed by atoms with Crippen LogP contribution in [0.1, 0.15) is 11.6 Å². The molecule has 2 aromatic rings. The van der Waals surface area contributed by atoms with Gasteiger partial charge in [0.25, 0.3) is 0 Å². The number of rotatable bonds is 2. The summed E-state index contributed by atoms with van der Waals surface area (Å²) >= 11 is 0. The highest BCUT2D eigenvalue weighted by Crippen LogP contribution is 2.33. The molecule has 4 heteroatoms. The van der Waals surface area contributed by atoms with Crippen LogP contribution in [0, 0.1) is 13.8 Å². The normalized spacial score (nSPS) is 10.4. The molecule has 0 unspecified atom stereocenters. The number of nitrogens with two attached hydrogens (primary N) is 1. The molecule has 0 atom stereocenters. The third-order valence-corrected chi connectivity index (χ3v) is 2.37. The van der Waals surface area contributed by atoms with Crippen LogP contribution in [0.3, 0.4) is 0 Å². The number of oxazole rings is 1. The average Bonchev–Trinajstić information content (AvgIpc) is 2.57. The molecule has 0 aliphatic heterocycles. The second-order valence-electron chi connectivity index (χ2n) is 3.61. The second-order valence-corrected chi connectivity index (χ2v) is 3.61. The fraction of sp³-hybridized carbons (Fsp3) is 0.250. The summed E-state index contributed by atoms with van der Waals surface area (Å²) in [5, 5.41) is 0. The third kappa shape index (κ3) is 1.74. The van der Waals surface area contributed by atoms with Crippen LogP contribution in [0.2, 0.25) is 0 Å². The van der Waals surface area contributed by atoms with E-state index in [9.17, 15) is 0 Å². The van der Waals surface area contributed by atoms with Gasteiger partial charge in [0.2, 0.25) is 0 Å². The van der Waals surface area contributed by atoms with Crippen LogP contribution in [0.25, 0.3) is 11.3 Å². The van der Waals surface area contributed by atoms with Gasteiger partial charge >= 0.3 is 0 Å². The van der Waals surface area contributed by atoms with Crippen LogP contribution in [0.15, 0.2) is 22.6 Å². The summed E-state index contributed by atoms with van der Waals surface area (Å²) < 4.78 is 10.8. The van der Waals surface area contributed by atoms with E-state index >= 15 is 0 Å². The molecular weight excluding hydrogens is 204 g/mol. The van der Waals surface area contributed by atoms with Crippen molar-refractivity contribution in [3.05, 3.63) is 29.8 Å². The van der Waals surface area contributed by atoms with E-state index in [1.165, 1.54) is 0 Å². The lowest BCUT2D eigenvalue weighted by atomic mass is 10.1. The Labute approximate surface area is 94.1 Å². The van der Waals surface area contributed by atoms with Gasteiger partial charge in [0.15, 0.2) is 11.7 Å². The van der Waals surface area contributed by atoms with Gasteiger partial charge in [-0.3, -0.25) is 0 Å². The number of nitrogens with zero attached hydrogens (tertiary/aromatic N) is 1. The standard InChI is InChI=1S/C12H14N2O2/c1-7-12(16-8(2)14-7)10-5-4-9(13)6-11(10)15-3/h4-6H,13H2,1-3H3. The summed E-state index contributed by atoms with van der Waals surface area (Å²) in [5.41, 5.74) is 8.08. The van der Waals surface area contributed by atoms with Gasteiger partial charge in [0.05, 0.1) is 18.4 Å². The average molecular weight is 218 g/mol. The topological polar surface area (TPSA) is 61.3 Å². The van der Waals surface area contributed by atoms with Crippen molar-refractivity contribution < 1.29 is 9.15 Å². The Morgan fingerprint density at radius 2 is 2.06 bits per heavy atom. The summed E-state index contributed by atoms with van der Waals surface area (Å²) in [6, 6.07) is 5.46. The van der Waals surface area contributed by atoms with E-state index in [1.807, 2.05) is 26.0 Å². The Bertz CT molecular complexity index is 518. The van der Waals surface area contributed by atoms with Crippen molar-refractivity contribution in [1.29, 1.82) is 0 Å². The fourth-order valence-electron chi connectivity index (χ4n) is 1.68. The lowest BCUT2D eigenvalue weighted by Crippen LogP contribution is -1.91. The Hall–Kier alpha value is -1.97. The van der Waals surface area contributed by atoms with Gasteiger partial charge in [-0.1, -0.05) is 0 Å². The fourth-order valence-corrected chi connectivity index (χ4v) is 1.68. The van der Waals surface area contributed by atoms with Crippen LogP contribution in [-0.2, 0) is 0 Å². The number of ether oxygens (including phenoxy) is 1. The number of aryl methyl sites for hydroxylation is 2. The van der Waals surface area contributed by atoms with E-state index in [1.54, 1.807) is 13.2 Å². The van der Waals surface area contributed by atoms with Crippen LogP contribution >= 0.6 is 0 Å². The molecule has 84 valence electrons. The number of methoxy groups -OCH3 is 1. The lowest BCUT2D eigenvalue weighted by Gasteiger charge is -2.07. The van der Waals surface area contributed by atoms with Crippen molar-refractivity contribution in [1.82, 2.24) is 4.98 Å². The molecular formula is C12H14N2O2. The van der Waals surface area contributed by atoms with Crippen molar-refractivity contribution in [3.8, 4) is 17.1 Å². The minimum absolute atomic E-state index is 0.645. The number of hydrogen-bond donors (Lipinski definition) is 1. The Morgan fingerprint density at radius 1 is 1.31 bits per heavy atom. The SMILES string of the molecule is COc1cc(N)ccc1-c1oc(C)nc1C. The van der Waals surface area contributed by atoms with Crippen molar-refractivity contribution in [2.75, 3.05) is 12.8 Å². The zero-order valence-electron chi connectivity index (χ0n) is 9.57. The van der Waals surface area contributed by atoms with Gasteiger partial charge < -0.3 is 14.9 Å². The van der Waals surface area contributed by atoms with Crippen LogP contribution < -0.4 is 10.5 Å². The summed E-state index contributed by atoms with van der Waals surface area (Å²) in [7, 11) is 1.61. The maximum atomic E-state index is 5.70. The van der Waals surface area contributed by atoms with E-state index in [-0.39, 0.29) is 0 Å². The first-order valence-corrected chi connectivity index (χ1v) is 4.99. The first-order valence-electron chi connectivity index (χ1n) is 4.99. The maximum absolute atomic E-state index is 5.70. The van der Waals surface area contributed by atoms with E-state index < -0.39 is 0 Å². The highest BCUT2D eigenvalue weighted by molar-refractivity contribution is 5.70.